The van der Waals surface area contributed by atoms with E-state index in [2.05, 4.69) is 37.2 Å². The van der Waals surface area contributed by atoms with Gasteiger partial charge < -0.3 is 85.8 Å². The van der Waals surface area contributed by atoms with Crippen LogP contribution in [-0.4, -0.2) is 119 Å². The first-order chi connectivity index (χ1) is 40.1. The maximum Gasteiger partial charge on any atom is 0.416 e. The van der Waals surface area contributed by atoms with Crippen molar-refractivity contribution in [3.8, 4) is 17.2 Å². The summed E-state index contributed by atoms with van der Waals surface area (Å²) >= 11 is 0. The minimum absolute atomic E-state index is 0.0148. The van der Waals surface area contributed by atoms with Crippen LogP contribution in [-0.2, 0) is 25.4 Å². The van der Waals surface area contributed by atoms with Gasteiger partial charge in [-0.2, -0.15) is 13.2 Å². The summed E-state index contributed by atoms with van der Waals surface area (Å²) in [7, 11) is 3.97. The van der Waals surface area contributed by atoms with E-state index in [0.717, 1.165) is 6.07 Å². The van der Waals surface area contributed by atoms with Crippen LogP contribution < -0.4 is 85.8 Å². The normalized spacial score (nSPS) is 12.6. The van der Waals surface area contributed by atoms with Crippen LogP contribution in [0.3, 0.4) is 0 Å². The Morgan fingerprint density at radius 1 is 0.440 bits per heavy atom. The third-order valence-electron chi connectivity index (χ3n) is 13.2. The molecule has 0 spiro atoms. The molecular weight excluding hydrogens is 1100 g/mol. The molecule has 0 radical (unpaired) electrons. The van der Waals surface area contributed by atoms with E-state index >= 15 is 0 Å². The number of primary amides is 1. The predicted octanol–water partition coefficient (Wildman–Crippen LogP) is 4.21. The van der Waals surface area contributed by atoms with Crippen LogP contribution in [0.1, 0.15) is 130 Å². The summed E-state index contributed by atoms with van der Waals surface area (Å²) in [6, 6.07) is 10.1. The summed E-state index contributed by atoms with van der Waals surface area (Å²) in [5.41, 5.74) is 32.2. The number of hydrogen-bond acceptors (Lipinski definition) is 16. The lowest BCUT2D eigenvalue weighted by molar-refractivity contribution is -0.137. The van der Waals surface area contributed by atoms with Gasteiger partial charge in [-0.25, -0.2) is 0 Å². The Labute approximate surface area is 485 Å². The van der Waals surface area contributed by atoms with Gasteiger partial charge >= 0.3 is 6.18 Å². The Balaban J connectivity index is 1.58. The Hall–Kier alpha value is -8.37. The highest BCUT2D eigenvalue weighted by atomic mass is 19.4. The first kappa shape index (κ1) is 68.1. The lowest BCUT2D eigenvalue weighted by Crippen LogP contribution is -2.44. The van der Waals surface area contributed by atoms with E-state index in [0.29, 0.717) is 89.6 Å². The highest BCUT2D eigenvalue weighted by Crippen LogP contribution is 2.33. The average molecular weight is 1180 g/mol. The molecule has 0 aliphatic heterocycles. The van der Waals surface area contributed by atoms with Crippen molar-refractivity contribution in [2.45, 2.75) is 114 Å². The second-order valence-corrected chi connectivity index (χ2v) is 19.5. The van der Waals surface area contributed by atoms with E-state index in [1.165, 1.54) is 75.9 Å². The molecule has 0 saturated carbocycles. The van der Waals surface area contributed by atoms with Crippen LogP contribution in [0, 0.1) is 0 Å². The van der Waals surface area contributed by atoms with Gasteiger partial charge in [-0.1, -0.05) is 19.3 Å². The van der Waals surface area contributed by atoms with Gasteiger partial charge in [0.2, 0.25) is 23.6 Å². The maximum absolute atomic E-state index is 14.2. The smallest absolute Gasteiger partial charge is 0.416 e. The number of hydrogen-bond donors (Lipinski definition) is 13. The number of benzene rings is 4. The van der Waals surface area contributed by atoms with Gasteiger partial charge in [0.1, 0.15) is 35.4 Å². The van der Waals surface area contributed by atoms with Gasteiger partial charge in [-0.15, -0.1) is 0 Å². The molecule has 0 heterocycles. The highest BCUT2D eigenvalue weighted by molar-refractivity contribution is 6.07. The van der Waals surface area contributed by atoms with Crippen LogP contribution in [0.15, 0.2) is 72.8 Å². The minimum Gasteiger partial charge on any atom is -0.496 e. The molecular formula is C57H78F3N13O11. The lowest BCUT2D eigenvalue weighted by atomic mass is 10.0. The van der Waals surface area contributed by atoms with Gasteiger partial charge in [0.25, 0.3) is 23.6 Å². The van der Waals surface area contributed by atoms with Crippen molar-refractivity contribution in [1.82, 2.24) is 16.0 Å². The molecule has 0 aliphatic carbocycles. The number of anilines is 4. The monoisotopic (exact) mass is 1180 g/mol. The summed E-state index contributed by atoms with van der Waals surface area (Å²) in [5.74, 6) is -6.04. The molecule has 0 bridgehead atoms. The fourth-order valence-corrected chi connectivity index (χ4v) is 8.64. The zero-order valence-electron chi connectivity index (χ0n) is 47.3. The number of rotatable bonds is 35. The van der Waals surface area contributed by atoms with Crippen molar-refractivity contribution in [1.29, 1.82) is 0 Å². The number of carbonyl (C=O) groups is 8. The fraction of sp³-hybridized carbons (Fsp3) is 0.439. The predicted molar refractivity (Wildman–Crippen MR) is 311 cm³/mol. The number of carbonyl (C=O) groups excluding carboxylic acids is 8. The first-order valence-corrected chi connectivity index (χ1v) is 27.4. The Morgan fingerprint density at radius 3 is 1.19 bits per heavy atom. The van der Waals surface area contributed by atoms with E-state index < -0.39 is 88.7 Å². The van der Waals surface area contributed by atoms with Crippen molar-refractivity contribution in [3.63, 3.8) is 0 Å². The molecule has 0 saturated heterocycles. The molecule has 458 valence electrons. The molecule has 4 rings (SSSR count). The van der Waals surface area contributed by atoms with Crippen molar-refractivity contribution < 1.29 is 65.7 Å². The van der Waals surface area contributed by atoms with Crippen molar-refractivity contribution in [2.24, 2.45) is 34.4 Å². The molecule has 24 nitrogen and oxygen atoms in total. The third kappa shape index (κ3) is 21.1. The van der Waals surface area contributed by atoms with Crippen LogP contribution >= 0.6 is 0 Å². The summed E-state index contributed by atoms with van der Waals surface area (Å²) in [4.78, 5) is 109. The summed E-state index contributed by atoms with van der Waals surface area (Å²) in [5, 5.41) is 18.4. The highest BCUT2D eigenvalue weighted by Gasteiger charge is 2.33. The number of nitrogens with one attached hydrogen (secondary N) is 7. The average Bonchev–Trinajstić information content (AvgIpc) is 3.39. The summed E-state index contributed by atoms with van der Waals surface area (Å²) < 4.78 is 58.7. The third-order valence-corrected chi connectivity index (χ3v) is 13.2. The number of alkyl halides is 3. The summed E-state index contributed by atoms with van der Waals surface area (Å²) in [6.45, 7) is 1.29. The molecule has 0 aliphatic rings. The molecule has 84 heavy (non-hydrogen) atoms. The topological polar surface area (TPSA) is 405 Å². The zero-order valence-corrected chi connectivity index (χ0v) is 47.3. The molecule has 19 N–H and O–H groups in total. The molecule has 0 aromatic heterocycles. The molecule has 4 aromatic rings. The number of unbranched alkanes of at least 4 members (excludes halogenated alkanes) is 5. The molecule has 4 aromatic carbocycles. The SMILES string of the molecule is COc1ccc(NC(=O)[C@H](CCCCN)NC(=O)c2cc(NC(=O)[C@H](CCCCN)NC(=O)c3cc(NC(=O)[C@H](CCCCCN)NC(=O)c4cc(NC(=O)[C@@H](N)CCCCN)cc(C(F)(F)F)c4)ccc3OC)ccc2OC)cc1C(N)=O. The lowest BCUT2D eigenvalue weighted by Gasteiger charge is -2.22. The van der Waals surface area contributed by atoms with Gasteiger partial charge in [-0.3, -0.25) is 38.4 Å². The van der Waals surface area contributed by atoms with E-state index in [1.54, 1.807) is 0 Å². The van der Waals surface area contributed by atoms with E-state index in [1.807, 2.05) is 0 Å². The molecule has 0 unspecified atom stereocenters. The number of halogens is 3. The number of nitrogens with two attached hydrogens (primary N) is 6. The van der Waals surface area contributed by atoms with E-state index in [9.17, 15) is 51.5 Å². The van der Waals surface area contributed by atoms with Crippen LogP contribution in [0.5, 0.6) is 17.2 Å². The second kappa shape index (κ2) is 34.3. The maximum atomic E-state index is 14.2. The Kier molecular flexibility index (Phi) is 27.8. The largest absolute Gasteiger partial charge is 0.496 e. The fourth-order valence-electron chi connectivity index (χ4n) is 8.64. The van der Waals surface area contributed by atoms with Crippen molar-refractivity contribution in [2.75, 3.05) is 68.8 Å². The van der Waals surface area contributed by atoms with Gasteiger partial charge in [-0.05, 0) is 163 Å². The molecule has 0 fully saturated rings. The zero-order chi connectivity index (χ0) is 61.9. The van der Waals surface area contributed by atoms with Crippen LogP contribution in [0.25, 0.3) is 0 Å². The van der Waals surface area contributed by atoms with Crippen LogP contribution in [0.4, 0.5) is 35.9 Å². The summed E-state index contributed by atoms with van der Waals surface area (Å²) in [6.07, 6.45) is -0.0818. The molecule has 4 atom stereocenters. The van der Waals surface area contributed by atoms with Crippen molar-refractivity contribution in [3.05, 3.63) is 101 Å². The van der Waals surface area contributed by atoms with Crippen molar-refractivity contribution >= 4 is 70.0 Å². The minimum atomic E-state index is -4.94. The molecule has 27 heteroatoms. The Bertz CT molecular complexity index is 2910. The van der Waals surface area contributed by atoms with Gasteiger partial charge in [0, 0.05) is 28.3 Å². The van der Waals surface area contributed by atoms with Crippen LogP contribution in [0.2, 0.25) is 0 Å². The standard InChI is InChI=1S/C57H78F3N13O11/c1-82-46-20-17-35(30-39(46)49(66)74)67-55(80)44(15-7-11-25-63)72-51(76)41-32-37(19-22-48(41)84-3)69-56(81)45(16-8-12-26-64)73-52(77)40-31-36(18-21-47(40)83-2)68-54(79)43(14-5-4-9-23-61)71-50(75)33-27-34(57(58,59)60)29-38(28-33)70-53(78)42(65)13-6-10-24-62/h17-22,27-32,42-45H,4-16,23-26,61-65H2,1-3H3,(H2,66,74)(H,67,80)(H,68,79)(H,69,81)(H,70,78)(H,71,75)(H,72,76)(H,73,77)/t42-,43-,44-,45-/m0/s1. The second-order valence-electron chi connectivity index (χ2n) is 19.5. The quantitative estimate of drug-likeness (QED) is 0.0287. The number of amides is 8. The van der Waals surface area contributed by atoms with E-state index in [-0.39, 0.29) is 88.9 Å². The van der Waals surface area contributed by atoms with Gasteiger partial charge in [0.05, 0.1) is 49.6 Å². The molecule has 8 amide bonds. The number of ether oxygens (including phenoxy) is 3. The Morgan fingerprint density at radius 2 is 0.798 bits per heavy atom. The van der Waals surface area contributed by atoms with Gasteiger partial charge in [0.15, 0.2) is 0 Å². The first-order valence-electron chi connectivity index (χ1n) is 27.4. The van der Waals surface area contributed by atoms with E-state index in [4.69, 9.17) is 48.6 Å². The number of methoxy groups -OCH3 is 3.